The van der Waals surface area contributed by atoms with Crippen LogP contribution in [0.15, 0.2) is 59.9 Å². The Morgan fingerprint density at radius 2 is 1.84 bits per heavy atom. The number of benzene rings is 1. The fraction of sp³-hybridized carbons (Fsp3) is 0.143. The molecular formula is C14H15ClN2O2. The van der Waals surface area contributed by atoms with Gasteiger partial charge in [-0.05, 0) is 12.1 Å². The number of methoxy groups -OCH3 is 1. The van der Waals surface area contributed by atoms with Gasteiger partial charge in [-0.25, -0.2) is 4.57 Å². The maximum Gasteiger partial charge on any atom is 0.176 e. The molecule has 1 aromatic carbocycles. The van der Waals surface area contributed by atoms with Crippen molar-refractivity contribution in [1.29, 1.82) is 0 Å². The summed E-state index contributed by atoms with van der Waals surface area (Å²) in [4.78, 5) is 4.04. The van der Waals surface area contributed by atoms with Crippen LogP contribution < -0.4 is 14.4 Å². The highest BCUT2D eigenvalue weighted by Gasteiger charge is 2.01. The number of halogens is 1. The zero-order valence-electron chi connectivity index (χ0n) is 10.5. The van der Waals surface area contributed by atoms with Gasteiger partial charge < -0.3 is 9.84 Å². The normalized spacial score (nSPS) is 10.7. The van der Waals surface area contributed by atoms with Gasteiger partial charge in [0.05, 0.1) is 7.11 Å². The maximum atomic E-state index is 11.8. The molecule has 2 rings (SSSR count). The zero-order chi connectivity index (χ0) is 12.8. The van der Waals surface area contributed by atoms with E-state index in [-0.39, 0.29) is 24.8 Å². The molecule has 0 spiro atoms. The summed E-state index contributed by atoms with van der Waals surface area (Å²) in [5.41, 5.74) is 0.557. The molecule has 4 nitrogen and oxygen atoms in total. The van der Waals surface area contributed by atoms with Crippen molar-refractivity contribution in [2.75, 3.05) is 7.11 Å². The molecular weight excluding hydrogens is 264 g/mol. The molecule has 0 aliphatic heterocycles. The standard InChI is InChI=1S/C14H14N2O2.ClH/c1-18-13-8-4-3-7-12(13)15-14(17)11-16-9-5-2-6-10-16;/h2-10H,11H2,1H3;1H. The van der Waals surface area contributed by atoms with Crippen molar-refractivity contribution in [2.45, 2.75) is 6.54 Å². The predicted octanol–water partition coefficient (Wildman–Crippen LogP) is 1.49. The minimum Gasteiger partial charge on any atom is -0.857 e. The van der Waals surface area contributed by atoms with Gasteiger partial charge >= 0.3 is 0 Å². The summed E-state index contributed by atoms with van der Waals surface area (Å²) < 4.78 is 6.92. The fourth-order valence-corrected chi connectivity index (χ4v) is 1.59. The fourth-order valence-electron chi connectivity index (χ4n) is 1.59. The van der Waals surface area contributed by atoms with E-state index in [0.717, 1.165) is 0 Å². The van der Waals surface area contributed by atoms with Crippen molar-refractivity contribution in [1.82, 2.24) is 0 Å². The Morgan fingerprint density at radius 3 is 2.53 bits per heavy atom. The van der Waals surface area contributed by atoms with Crippen LogP contribution in [0.1, 0.15) is 0 Å². The first-order chi connectivity index (χ1) is 8.79. The van der Waals surface area contributed by atoms with E-state index in [1.807, 2.05) is 42.7 Å². The summed E-state index contributed by atoms with van der Waals surface area (Å²) in [7, 11) is 1.56. The van der Waals surface area contributed by atoms with Crippen LogP contribution in [0.4, 0.5) is 5.69 Å². The monoisotopic (exact) mass is 278 g/mol. The van der Waals surface area contributed by atoms with E-state index < -0.39 is 0 Å². The molecule has 0 aliphatic carbocycles. The van der Waals surface area contributed by atoms with E-state index in [1.54, 1.807) is 23.8 Å². The lowest BCUT2D eigenvalue weighted by atomic mass is 10.3. The predicted molar refractivity (Wildman–Crippen MR) is 74.0 cm³/mol. The van der Waals surface area contributed by atoms with Crippen molar-refractivity contribution in [3.8, 4) is 5.75 Å². The molecule has 0 amide bonds. The molecule has 100 valence electrons. The molecule has 19 heavy (non-hydrogen) atoms. The summed E-state index contributed by atoms with van der Waals surface area (Å²) in [5.74, 6) is 0.389. The van der Waals surface area contributed by atoms with Gasteiger partial charge in [0.2, 0.25) is 0 Å². The second-order valence-corrected chi connectivity index (χ2v) is 3.73. The molecule has 0 saturated carbocycles. The molecule has 1 aromatic heterocycles. The Morgan fingerprint density at radius 1 is 1.16 bits per heavy atom. The van der Waals surface area contributed by atoms with E-state index in [4.69, 9.17) is 4.74 Å². The van der Waals surface area contributed by atoms with Crippen LogP contribution in [0.25, 0.3) is 0 Å². The highest BCUT2D eigenvalue weighted by Crippen LogP contribution is 2.25. The molecule has 2 aromatic rings. The molecule has 0 saturated heterocycles. The van der Waals surface area contributed by atoms with Gasteiger partial charge in [0.1, 0.15) is 11.4 Å². The Labute approximate surface area is 118 Å². The lowest BCUT2D eigenvalue weighted by Gasteiger charge is -2.09. The number of aliphatic imine (C=N–C) groups is 1. The van der Waals surface area contributed by atoms with Gasteiger partial charge in [0, 0.05) is 18.0 Å². The smallest absolute Gasteiger partial charge is 0.176 e. The number of ether oxygens (including phenoxy) is 1. The first-order valence-electron chi connectivity index (χ1n) is 5.61. The van der Waals surface area contributed by atoms with Crippen molar-refractivity contribution in [3.63, 3.8) is 0 Å². The molecule has 0 N–H and O–H groups in total. The molecule has 0 fully saturated rings. The summed E-state index contributed by atoms with van der Waals surface area (Å²) >= 11 is 0. The van der Waals surface area contributed by atoms with Gasteiger partial charge in [0.25, 0.3) is 0 Å². The lowest BCUT2D eigenvalue weighted by Crippen LogP contribution is -2.41. The van der Waals surface area contributed by atoms with E-state index in [2.05, 4.69) is 4.99 Å². The second-order valence-electron chi connectivity index (χ2n) is 3.73. The number of hydrogen-bond donors (Lipinski definition) is 0. The van der Waals surface area contributed by atoms with Crippen molar-refractivity contribution in [3.05, 3.63) is 54.9 Å². The van der Waals surface area contributed by atoms with Crippen molar-refractivity contribution in [2.24, 2.45) is 4.99 Å². The lowest BCUT2D eigenvalue weighted by molar-refractivity contribution is -0.687. The largest absolute Gasteiger partial charge is 0.857 e. The van der Waals surface area contributed by atoms with E-state index >= 15 is 0 Å². The maximum absolute atomic E-state index is 11.8. The van der Waals surface area contributed by atoms with Gasteiger partial charge in [-0.3, -0.25) is 4.99 Å². The van der Waals surface area contributed by atoms with Crippen LogP contribution in [0.5, 0.6) is 5.75 Å². The molecule has 5 heteroatoms. The van der Waals surface area contributed by atoms with Crippen molar-refractivity contribution < 1.29 is 14.4 Å². The number of rotatable bonds is 4. The molecule has 0 radical (unpaired) electrons. The molecule has 0 atom stereocenters. The Bertz CT molecular complexity index is 544. The Kier molecular flexibility index (Phi) is 5.82. The zero-order valence-corrected chi connectivity index (χ0v) is 11.3. The van der Waals surface area contributed by atoms with Gasteiger partial charge in [-0.15, -0.1) is 12.4 Å². The number of nitrogens with zero attached hydrogens (tertiary/aromatic N) is 2. The third kappa shape index (κ3) is 4.26. The minimum absolute atomic E-state index is 0. The molecule has 1 heterocycles. The van der Waals surface area contributed by atoms with Crippen LogP contribution in [-0.2, 0) is 6.54 Å². The summed E-state index contributed by atoms with van der Waals surface area (Å²) in [5, 5.41) is 11.8. The average molecular weight is 279 g/mol. The third-order valence-corrected chi connectivity index (χ3v) is 2.43. The molecule has 0 aliphatic rings. The highest BCUT2D eigenvalue weighted by molar-refractivity contribution is 5.85. The van der Waals surface area contributed by atoms with E-state index in [9.17, 15) is 5.11 Å². The van der Waals surface area contributed by atoms with Crippen molar-refractivity contribution >= 4 is 24.0 Å². The third-order valence-electron chi connectivity index (χ3n) is 2.43. The van der Waals surface area contributed by atoms with Gasteiger partial charge in [0.15, 0.2) is 18.9 Å². The SMILES string of the molecule is COc1ccccc1N=C([O-])C[n+]1ccccc1.Cl. The highest BCUT2D eigenvalue weighted by atomic mass is 35.5. The van der Waals surface area contributed by atoms with Crippen LogP contribution in [0, 0.1) is 0 Å². The molecule has 0 unspecified atom stereocenters. The average Bonchev–Trinajstić information content (AvgIpc) is 2.40. The molecule has 0 bridgehead atoms. The van der Waals surface area contributed by atoms with Gasteiger partial charge in [-0.2, -0.15) is 0 Å². The van der Waals surface area contributed by atoms with E-state index in [0.29, 0.717) is 11.4 Å². The summed E-state index contributed by atoms with van der Waals surface area (Å²) in [6.07, 6.45) is 3.66. The summed E-state index contributed by atoms with van der Waals surface area (Å²) in [6.45, 7) is 0.221. The first kappa shape index (κ1) is 15.0. The van der Waals surface area contributed by atoms with Crippen LogP contribution in [-0.4, -0.2) is 13.0 Å². The Balaban J connectivity index is 0.00000180. The Hall–Kier alpha value is -2.07. The van der Waals surface area contributed by atoms with Crippen LogP contribution in [0.3, 0.4) is 0 Å². The quantitative estimate of drug-likeness (QED) is 0.483. The first-order valence-corrected chi connectivity index (χ1v) is 5.61. The number of pyridine rings is 1. The van der Waals surface area contributed by atoms with Crippen LogP contribution >= 0.6 is 12.4 Å². The number of hydrogen-bond acceptors (Lipinski definition) is 3. The van der Waals surface area contributed by atoms with Crippen LogP contribution in [0.2, 0.25) is 0 Å². The van der Waals surface area contributed by atoms with E-state index in [1.165, 1.54) is 0 Å². The number of para-hydroxylation sites is 2. The second kappa shape index (κ2) is 7.38. The minimum atomic E-state index is -0.212. The number of aromatic nitrogens is 1. The summed E-state index contributed by atoms with van der Waals surface area (Å²) in [6, 6.07) is 12.8. The topological polar surface area (TPSA) is 48.5 Å². The van der Waals surface area contributed by atoms with Gasteiger partial charge in [-0.1, -0.05) is 18.2 Å².